The molecule has 0 saturated carbocycles. The second-order valence-electron chi connectivity index (χ2n) is 8.30. The van der Waals surface area contributed by atoms with E-state index < -0.39 is 11.9 Å². The Morgan fingerprint density at radius 3 is 2.45 bits per heavy atom. The minimum atomic E-state index is -0.649. The van der Waals surface area contributed by atoms with Crippen molar-refractivity contribution in [3.8, 4) is 0 Å². The van der Waals surface area contributed by atoms with E-state index >= 15 is 0 Å². The lowest BCUT2D eigenvalue weighted by molar-refractivity contribution is -0.122. The molecule has 0 bridgehead atoms. The predicted octanol–water partition coefficient (Wildman–Crippen LogP) is 3.19. The van der Waals surface area contributed by atoms with Crippen molar-refractivity contribution in [3.05, 3.63) is 59.5 Å². The Hall–Kier alpha value is -2.60. The van der Waals surface area contributed by atoms with Crippen LogP contribution in [0.1, 0.15) is 48.9 Å². The van der Waals surface area contributed by atoms with Gasteiger partial charge < -0.3 is 15.1 Å². The highest BCUT2D eigenvalue weighted by Crippen LogP contribution is 2.23. The second kappa shape index (κ2) is 9.74. The summed E-state index contributed by atoms with van der Waals surface area (Å²) in [7, 11) is 0. The Bertz CT molecular complexity index is 809. The third-order valence-electron chi connectivity index (χ3n) is 5.40. The molecule has 1 saturated heterocycles. The maximum Gasteiger partial charge on any atom is 0.287 e. The molecule has 29 heavy (non-hydrogen) atoms. The average molecular weight is 398 g/mol. The van der Waals surface area contributed by atoms with Crippen LogP contribution in [0.15, 0.2) is 47.1 Å². The van der Waals surface area contributed by atoms with Crippen molar-refractivity contribution >= 4 is 11.8 Å². The number of hydrogen-bond acceptors (Lipinski definition) is 4. The first-order valence-electron chi connectivity index (χ1n) is 10.3. The zero-order chi connectivity index (χ0) is 20.8. The number of likely N-dealkylation sites (tertiary alicyclic amines) is 1. The van der Waals surface area contributed by atoms with E-state index in [2.05, 4.69) is 41.5 Å². The number of piperidine rings is 1. The Labute approximate surface area is 172 Å². The van der Waals surface area contributed by atoms with Crippen LogP contribution in [0.4, 0.5) is 0 Å². The molecule has 156 valence electrons. The minimum absolute atomic E-state index is 0.194. The van der Waals surface area contributed by atoms with Crippen molar-refractivity contribution in [2.75, 3.05) is 13.1 Å². The van der Waals surface area contributed by atoms with Gasteiger partial charge in [0.1, 0.15) is 6.04 Å². The number of furan rings is 1. The number of amides is 2. The lowest BCUT2D eigenvalue weighted by Gasteiger charge is -2.35. The van der Waals surface area contributed by atoms with Gasteiger partial charge in [0.15, 0.2) is 5.76 Å². The lowest BCUT2D eigenvalue weighted by atomic mass is 9.91. The number of nitrogens with one attached hydrogen (secondary N) is 2. The van der Waals surface area contributed by atoms with Crippen LogP contribution in [0.3, 0.4) is 0 Å². The molecule has 0 aliphatic carbocycles. The van der Waals surface area contributed by atoms with Gasteiger partial charge in [0.2, 0.25) is 5.91 Å². The predicted molar refractivity (Wildman–Crippen MR) is 112 cm³/mol. The summed E-state index contributed by atoms with van der Waals surface area (Å²) in [5.41, 5.74) is 2.35. The second-order valence-corrected chi connectivity index (χ2v) is 8.30. The lowest BCUT2D eigenvalue weighted by Crippen LogP contribution is -2.44. The van der Waals surface area contributed by atoms with E-state index in [1.807, 2.05) is 12.1 Å². The molecular formula is C23H31N3O3. The normalized spacial score (nSPS) is 20.8. The Morgan fingerprint density at radius 1 is 1.10 bits per heavy atom. The molecule has 3 atom stereocenters. The molecule has 2 aromatic rings. The molecule has 0 radical (unpaired) electrons. The number of rotatable bonds is 7. The quantitative estimate of drug-likeness (QED) is 0.752. The van der Waals surface area contributed by atoms with Gasteiger partial charge in [0.05, 0.1) is 6.26 Å². The van der Waals surface area contributed by atoms with Crippen LogP contribution >= 0.6 is 0 Å². The van der Waals surface area contributed by atoms with E-state index in [1.54, 1.807) is 19.1 Å². The number of hydrogen-bond donors (Lipinski definition) is 2. The van der Waals surface area contributed by atoms with Gasteiger partial charge in [0, 0.05) is 26.2 Å². The van der Waals surface area contributed by atoms with Crippen LogP contribution in [-0.4, -0.2) is 35.8 Å². The van der Waals surface area contributed by atoms with Gasteiger partial charge in [-0.25, -0.2) is 0 Å². The van der Waals surface area contributed by atoms with E-state index in [-0.39, 0.29) is 11.7 Å². The monoisotopic (exact) mass is 397 g/mol. The number of benzene rings is 1. The third kappa shape index (κ3) is 5.94. The molecule has 1 aliphatic heterocycles. The summed E-state index contributed by atoms with van der Waals surface area (Å²) in [5.74, 6) is 1.000. The van der Waals surface area contributed by atoms with E-state index in [4.69, 9.17) is 4.42 Å². The molecule has 3 unspecified atom stereocenters. The van der Waals surface area contributed by atoms with Gasteiger partial charge in [-0.1, -0.05) is 38.1 Å². The molecule has 2 heterocycles. The molecule has 1 aromatic heterocycles. The van der Waals surface area contributed by atoms with Crippen LogP contribution in [0.25, 0.3) is 0 Å². The molecule has 6 nitrogen and oxygen atoms in total. The number of carbonyl (C=O) groups is 2. The molecule has 2 N–H and O–H groups in total. The van der Waals surface area contributed by atoms with Gasteiger partial charge >= 0.3 is 0 Å². The Kier molecular flexibility index (Phi) is 7.09. The molecule has 1 aliphatic rings. The number of carbonyl (C=O) groups excluding carboxylic acids is 2. The topological polar surface area (TPSA) is 74.6 Å². The van der Waals surface area contributed by atoms with E-state index in [9.17, 15) is 9.59 Å². The first-order chi connectivity index (χ1) is 13.9. The number of nitrogens with zero attached hydrogens (tertiary/aromatic N) is 1. The summed E-state index contributed by atoms with van der Waals surface area (Å²) < 4.78 is 5.06. The summed E-state index contributed by atoms with van der Waals surface area (Å²) in [6.45, 7) is 9.85. The van der Waals surface area contributed by atoms with Crippen molar-refractivity contribution in [3.63, 3.8) is 0 Å². The standard InChI is InChI=1S/C23H31N3O3/c1-16-11-17(2)14-26(13-16)15-20-8-5-4-7-19(20)12-24-22(27)18(3)25-23(28)21-9-6-10-29-21/h4-10,16-18H,11-15H2,1-3H3,(H,24,27)(H,25,28). The third-order valence-corrected chi connectivity index (χ3v) is 5.40. The largest absolute Gasteiger partial charge is 0.459 e. The SMILES string of the molecule is CC1CC(C)CN(Cc2ccccc2CNC(=O)C(C)NC(=O)c2ccco2)C1. The van der Waals surface area contributed by atoms with Crippen LogP contribution in [0.5, 0.6) is 0 Å². The highest BCUT2D eigenvalue weighted by atomic mass is 16.3. The summed E-state index contributed by atoms with van der Waals surface area (Å²) in [5, 5.41) is 5.60. The molecule has 1 aromatic carbocycles. The van der Waals surface area contributed by atoms with Crippen molar-refractivity contribution < 1.29 is 14.0 Å². The fourth-order valence-electron chi connectivity index (χ4n) is 4.12. The van der Waals surface area contributed by atoms with Crippen molar-refractivity contribution in [2.24, 2.45) is 11.8 Å². The van der Waals surface area contributed by atoms with Gasteiger partial charge in [0.25, 0.3) is 5.91 Å². The average Bonchev–Trinajstić information content (AvgIpc) is 3.21. The Morgan fingerprint density at radius 2 is 1.79 bits per heavy atom. The molecule has 0 spiro atoms. The summed E-state index contributed by atoms with van der Waals surface area (Å²) in [6, 6.07) is 10.8. The van der Waals surface area contributed by atoms with Gasteiger partial charge in [-0.2, -0.15) is 0 Å². The first-order valence-corrected chi connectivity index (χ1v) is 10.3. The van der Waals surface area contributed by atoms with E-state index in [0.29, 0.717) is 18.4 Å². The fraction of sp³-hybridized carbons (Fsp3) is 0.478. The van der Waals surface area contributed by atoms with E-state index in [1.165, 1.54) is 18.2 Å². The highest BCUT2D eigenvalue weighted by molar-refractivity contribution is 5.95. The Balaban J connectivity index is 1.55. The first kappa shape index (κ1) is 21.1. The zero-order valence-electron chi connectivity index (χ0n) is 17.5. The molecule has 1 fully saturated rings. The summed E-state index contributed by atoms with van der Waals surface area (Å²) >= 11 is 0. The summed E-state index contributed by atoms with van der Waals surface area (Å²) in [4.78, 5) is 27.0. The van der Waals surface area contributed by atoms with E-state index in [0.717, 1.165) is 25.2 Å². The minimum Gasteiger partial charge on any atom is -0.459 e. The van der Waals surface area contributed by atoms with Crippen molar-refractivity contribution in [1.29, 1.82) is 0 Å². The smallest absolute Gasteiger partial charge is 0.287 e. The van der Waals surface area contributed by atoms with Crippen molar-refractivity contribution in [1.82, 2.24) is 15.5 Å². The molecule has 3 rings (SSSR count). The van der Waals surface area contributed by atoms with Crippen LogP contribution in [0.2, 0.25) is 0 Å². The van der Waals surface area contributed by atoms with Gasteiger partial charge in [-0.3, -0.25) is 14.5 Å². The fourth-order valence-corrected chi connectivity index (χ4v) is 4.12. The van der Waals surface area contributed by atoms with Crippen LogP contribution in [0, 0.1) is 11.8 Å². The van der Waals surface area contributed by atoms with Gasteiger partial charge in [-0.05, 0) is 48.4 Å². The molecule has 6 heteroatoms. The summed E-state index contributed by atoms with van der Waals surface area (Å²) in [6.07, 6.45) is 2.72. The maximum absolute atomic E-state index is 12.4. The molecular weight excluding hydrogens is 366 g/mol. The van der Waals surface area contributed by atoms with Gasteiger partial charge in [-0.15, -0.1) is 0 Å². The molecule has 2 amide bonds. The van der Waals surface area contributed by atoms with Crippen LogP contribution < -0.4 is 10.6 Å². The van der Waals surface area contributed by atoms with Crippen LogP contribution in [-0.2, 0) is 17.9 Å². The zero-order valence-corrected chi connectivity index (χ0v) is 17.5. The van der Waals surface area contributed by atoms with Crippen molar-refractivity contribution in [2.45, 2.75) is 46.3 Å². The highest BCUT2D eigenvalue weighted by Gasteiger charge is 2.22. The maximum atomic E-state index is 12.4.